The first kappa shape index (κ1) is 12.1. The maximum Gasteiger partial charge on any atom is 0.155 e. The molecule has 0 spiro atoms. The lowest BCUT2D eigenvalue weighted by Gasteiger charge is -2.20. The van der Waals surface area contributed by atoms with Crippen molar-refractivity contribution < 1.29 is 9.53 Å². The van der Waals surface area contributed by atoms with E-state index in [0.29, 0.717) is 24.2 Å². The minimum Gasteiger partial charge on any atom is -0.493 e. The monoisotopic (exact) mass is 274 g/mol. The summed E-state index contributed by atoms with van der Waals surface area (Å²) in [7, 11) is 0. The molecule has 0 unspecified atom stereocenters. The van der Waals surface area contributed by atoms with Gasteiger partial charge in [0.1, 0.15) is 17.2 Å². The number of carbonyl (C=O) groups excluding carboxylic acids is 1. The average Bonchev–Trinajstić information content (AvgIpc) is 2.46. The highest BCUT2D eigenvalue weighted by molar-refractivity contribution is 6.32. The quantitative estimate of drug-likeness (QED) is 0.624. The molecule has 2 heterocycles. The summed E-state index contributed by atoms with van der Waals surface area (Å²) in [5.41, 5.74) is 2.75. The zero-order valence-electron chi connectivity index (χ0n) is 10.1. The van der Waals surface area contributed by atoms with Crippen molar-refractivity contribution in [2.75, 3.05) is 6.61 Å². The topological polar surface area (TPSA) is 52.1 Å². The van der Waals surface area contributed by atoms with Crippen LogP contribution in [0.25, 0.3) is 11.3 Å². The molecule has 0 radical (unpaired) electrons. The van der Waals surface area contributed by atoms with E-state index in [9.17, 15) is 4.79 Å². The highest BCUT2D eigenvalue weighted by atomic mass is 35.5. The number of aryl methyl sites for hydroxylation is 1. The minimum absolute atomic E-state index is 0.161. The van der Waals surface area contributed by atoms with Crippen molar-refractivity contribution in [3.8, 4) is 17.0 Å². The third kappa shape index (κ3) is 2.08. The van der Waals surface area contributed by atoms with Crippen molar-refractivity contribution in [2.45, 2.75) is 12.8 Å². The number of hydrogen-bond acceptors (Lipinski definition) is 4. The Kier molecular flexibility index (Phi) is 3.17. The lowest BCUT2D eigenvalue weighted by Crippen LogP contribution is -2.10. The smallest absolute Gasteiger partial charge is 0.155 e. The third-order valence-corrected chi connectivity index (χ3v) is 3.44. The van der Waals surface area contributed by atoms with Crippen LogP contribution in [0.3, 0.4) is 0 Å². The molecule has 1 aliphatic rings. The van der Waals surface area contributed by atoms with E-state index in [-0.39, 0.29) is 5.15 Å². The number of nitrogens with zero attached hydrogens (tertiary/aromatic N) is 2. The van der Waals surface area contributed by atoms with E-state index >= 15 is 0 Å². The molecule has 0 aliphatic carbocycles. The van der Waals surface area contributed by atoms with Gasteiger partial charge in [-0.15, -0.1) is 0 Å². The summed E-state index contributed by atoms with van der Waals surface area (Å²) >= 11 is 5.94. The second-order valence-corrected chi connectivity index (χ2v) is 4.65. The van der Waals surface area contributed by atoms with E-state index in [2.05, 4.69) is 9.97 Å². The fourth-order valence-corrected chi connectivity index (χ4v) is 2.45. The molecule has 0 N–H and O–H groups in total. The molecule has 4 nitrogen and oxygen atoms in total. The molecule has 0 saturated heterocycles. The van der Waals surface area contributed by atoms with E-state index in [1.54, 1.807) is 0 Å². The Bertz CT molecular complexity index is 643. The Hall–Kier alpha value is -1.94. The second-order valence-electron chi connectivity index (χ2n) is 4.29. The van der Waals surface area contributed by atoms with Gasteiger partial charge in [-0.05, 0) is 24.5 Å². The summed E-state index contributed by atoms with van der Waals surface area (Å²) < 4.78 is 5.73. The predicted molar refractivity (Wildman–Crippen MR) is 71.7 cm³/mol. The molecule has 1 aliphatic heterocycles. The number of benzene rings is 1. The normalized spacial score (nSPS) is 13.5. The Morgan fingerprint density at radius 2 is 2.21 bits per heavy atom. The molecule has 0 saturated carbocycles. The highest BCUT2D eigenvalue weighted by Gasteiger charge is 2.19. The number of aromatic nitrogens is 2. The molecule has 0 atom stereocenters. The highest BCUT2D eigenvalue weighted by Crippen LogP contribution is 2.37. The van der Waals surface area contributed by atoms with Crippen LogP contribution in [-0.2, 0) is 6.42 Å². The summed E-state index contributed by atoms with van der Waals surface area (Å²) in [6.45, 7) is 0.680. The fraction of sp³-hybridized carbons (Fsp3) is 0.214. The van der Waals surface area contributed by atoms with E-state index in [1.807, 2.05) is 18.2 Å². The van der Waals surface area contributed by atoms with Crippen LogP contribution >= 0.6 is 11.6 Å². The lowest BCUT2D eigenvalue weighted by molar-refractivity contribution is 0.112. The lowest BCUT2D eigenvalue weighted by atomic mass is 9.99. The maximum absolute atomic E-state index is 11.2. The van der Waals surface area contributed by atoms with Crippen LogP contribution in [-0.4, -0.2) is 22.9 Å². The summed E-state index contributed by atoms with van der Waals surface area (Å²) in [5.74, 6) is 0.798. The van der Waals surface area contributed by atoms with Gasteiger partial charge in [0.15, 0.2) is 6.29 Å². The summed E-state index contributed by atoms with van der Waals surface area (Å²) in [6, 6.07) is 5.85. The van der Waals surface area contributed by atoms with Crippen LogP contribution in [0, 0.1) is 0 Å². The van der Waals surface area contributed by atoms with E-state index in [0.717, 1.165) is 29.7 Å². The van der Waals surface area contributed by atoms with Crippen LogP contribution < -0.4 is 4.74 Å². The first-order chi connectivity index (χ1) is 9.31. The SMILES string of the molecule is O=Cc1c(Cl)ncnc1-c1cccc2c1OCCC2. The predicted octanol–water partition coefficient (Wildman–Crippen LogP) is 2.93. The van der Waals surface area contributed by atoms with Crippen LogP contribution in [0.2, 0.25) is 5.15 Å². The van der Waals surface area contributed by atoms with Gasteiger partial charge in [-0.1, -0.05) is 23.7 Å². The number of ether oxygens (including phenoxy) is 1. The van der Waals surface area contributed by atoms with Gasteiger partial charge in [-0.2, -0.15) is 0 Å². The molecule has 1 aromatic carbocycles. The molecular weight excluding hydrogens is 264 g/mol. The molecule has 2 aromatic rings. The molecule has 0 bridgehead atoms. The molecule has 0 fully saturated rings. The first-order valence-electron chi connectivity index (χ1n) is 6.02. The Morgan fingerprint density at radius 1 is 1.32 bits per heavy atom. The molecular formula is C14H11ClN2O2. The number of para-hydroxylation sites is 1. The van der Waals surface area contributed by atoms with Crippen molar-refractivity contribution >= 4 is 17.9 Å². The fourth-order valence-electron chi connectivity index (χ4n) is 2.27. The Balaban J connectivity index is 2.23. The summed E-state index contributed by atoms with van der Waals surface area (Å²) in [6.07, 6.45) is 4.01. The van der Waals surface area contributed by atoms with Crippen LogP contribution in [0.5, 0.6) is 5.75 Å². The average molecular weight is 275 g/mol. The largest absolute Gasteiger partial charge is 0.493 e. The van der Waals surface area contributed by atoms with Crippen LogP contribution in [0.4, 0.5) is 0 Å². The third-order valence-electron chi connectivity index (χ3n) is 3.14. The zero-order chi connectivity index (χ0) is 13.2. The van der Waals surface area contributed by atoms with Gasteiger partial charge in [0.2, 0.25) is 0 Å². The summed E-state index contributed by atoms with van der Waals surface area (Å²) in [5, 5.41) is 0.161. The first-order valence-corrected chi connectivity index (χ1v) is 6.40. The van der Waals surface area contributed by atoms with Gasteiger partial charge in [0.05, 0.1) is 17.9 Å². The summed E-state index contributed by atoms with van der Waals surface area (Å²) in [4.78, 5) is 19.2. The molecule has 3 rings (SSSR count). The molecule has 19 heavy (non-hydrogen) atoms. The van der Waals surface area contributed by atoms with Crippen molar-refractivity contribution in [3.05, 3.63) is 40.8 Å². The minimum atomic E-state index is 0.161. The standard InChI is InChI=1S/C14H11ClN2O2/c15-14-11(7-18)12(16-8-17-14)10-5-1-3-9-4-2-6-19-13(9)10/h1,3,5,7-8H,2,4,6H2. The maximum atomic E-state index is 11.2. The zero-order valence-corrected chi connectivity index (χ0v) is 10.9. The Morgan fingerprint density at radius 3 is 3.05 bits per heavy atom. The number of carbonyl (C=O) groups is 1. The van der Waals surface area contributed by atoms with Gasteiger partial charge < -0.3 is 4.74 Å². The van der Waals surface area contributed by atoms with Crippen LogP contribution in [0.1, 0.15) is 22.3 Å². The van der Waals surface area contributed by atoms with E-state index in [4.69, 9.17) is 16.3 Å². The van der Waals surface area contributed by atoms with Crippen molar-refractivity contribution in [2.24, 2.45) is 0 Å². The molecule has 1 aromatic heterocycles. The van der Waals surface area contributed by atoms with Crippen LogP contribution in [0.15, 0.2) is 24.5 Å². The number of hydrogen-bond donors (Lipinski definition) is 0. The van der Waals surface area contributed by atoms with Crippen molar-refractivity contribution in [1.82, 2.24) is 9.97 Å². The second kappa shape index (κ2) is 4.97. The molecule has 96 valence electrons. The molecule has 0 amide bonds. The van der Waals surface area contributed by atoms with Crippen molar-refractivity contribution in [1.29, 1.82) is 0 Å². The van der Waals surface area contributed by atoms with Gasteiger partial charge in [-0.25, -0.2) is 9.97 Å². The van der Waals surface area contributed by atoms with E-state index < -0.39 is 0 Å². The molecule has 5 heteroatoms. The van der Waals surface area contributed by atoms with Gasteiger partial charge in [-0.3, -0.25) is 4.79 Å². The van der Waals surface area contributed by atoms with E-state index in [1.165, 1.54) is 6.33 Å². The number of fused-ring (bicyclic) bond motifs is 1. The van der Waals surface area contributed by atoms with Gasteiger partial charge >= 0.3 is 0 Å². The Labute approximate surface area is 115 Å². The number of aldehydes is 1. The number of halogens is 1. The number of rotatable bonds is 2. The van der Waals surface area contributed by atoms with Gasteiger partial charge in [0.25, 0.3) is 0 Å². The van der Waals surface area contributed by atoms with Crippen molar-refractivity contribution in [3.63, 3.8) is 0 Å². The van der Waals surface area contributed by atoms with Gasteiger partial charge in [0, 0.05) is 5.56 Å².